The van der Waals surface area contributed by atoms with Crippen LogP contribution >= 0.6 is 0 Å². The van der Waals surface area contributed by atoms with Crippen molar-refractivity contribution in [2.75, 3.05) is 13.7 Å². The highest BCUT2D eigenvalue weighted by atomic mass is 16.5. The highest BCUT2D eigenvalue weighted by Gasteiger charge is 2.16. The summed E-state index contributed by atoms with van der Waals surface area (Å²) >= 11 is 0. The van der Waals surface area contributed by atoms with Crippen molar-refractivity contribution in [2.24, 2.45) is 11.7 Å². The molecule has 0 spiro atoms. The van der Waals surface area contributed by atoms with Gasteiger partial charge in [0.05, 0.1) is 7.11 Å². The molecule has 2 heteroatoms. The Labute approximate surface area is 105 Å². The molecule has 17 heavy (non-hydrogen) atoms. The molecule has 1 atom stereocenters. The molecular formula is C15H25NO. The molecule has 0 amide bonds. The Morgan fingerprint density at radius 1 is 1.29 bits per heavy atom. The molecule has 96 valence electrons. The van der Waals surface area contributed by atoms with Gasteiger partial charge in [0.1, 0.15) is 5.75 Å². The standard InChI is InChI=1S/C15H25NO/c1-5-12-10-13(6-7-15(12)17-4)14(8-9-16)11(2)3/h6-7,10-11,14H,5,8-9,16H2,1-4H3. The SMILES string of the molecule is CCc1cc(C(CCN)C(C)C)ccc1OC. The molecule has 0 radical (unpaired) electrons. The fourth-order valence-corrected chi connectivity index (χ4v) is 2.37. The Balaban J connectivity index is 3.03. The van der Waals surface area contributed by atoms with Crippen LogP contribution in [-0.4, -0.2) is 13.7 Å². The van der Waals surface area contributed by atoms with E-state index in [9.17, 15) is 0 Å². The number of methoxy groups -OCH3 is 1. The maximum Gasteiger partial charge on any atom is 0.122 e. The molecule has 1 aromatic rings. The van der Waals surface area contributed by atoms with Gasteiger partial charge in [0.2, 0.25) is 0 Å². The average Bonchev–Trinajstić information content (AvgIpc) is 2.34. The third kappa shape index (κ3) is 3.47. The molecule has 2 nitrogen and oxygen atoms in total. The summed E-state index contributed by atoms with van der Waals surface area (Å²) in [6.07, 6.45) is 2.05. The molecule has 1 unspecified atom stereocenters. The van der Waals surface area contributed by atoms with Crippen LogP contribution < -0.4 is 10.5 Å². The Morgan fingerprint density at radius 2 is 2.00 bits per heavy atom. The second-order valence-electron chi connectivity index (χ2n) is 4.85. The van der Waals surface area contributed by atoms with Gasteiger partial charge in [-0.05, 0) is 48.4 Å². The summed E-state index contributed by atoms with van der Waals surface area (Å²) in [5.41, 5.74) is 8.38. The zero-order valence-corrected chi connectivity index (χ0v) is 11.5. The Kier molecular flexibility index (Phi) is 5.49. The van der Waals surface area contributed by atoms with E-state index in [0.29, 0.717) is 11.8 Å². The van der Waals surface area contributed by atoms with Crippen molar-refractivity contribution in [3.05, 3.63) is 29.3 Å². The monoisotopic (exact) mass is 235 g/mol. The largest absolute Gasteiger partial charge is 0.496 e. The first-order valence-electron chi connectivity index (χ1n) is 6.50. The molecule has 0 saturated heterocycles. The van der Waals surface area contributed by atoms with Gasteiger partial charge in [-0.1, -0.05) is 32.9 Å². The maximum absolute atomic E-state index is 5.71. The lowest BCUT2D eigenvalue weighted by Gasteiger charge is -2.22. The van der Waals surface area contributed by atoms with Gasteiger partial charge in [0.15, 0.2) is 0 Å². The summed E-state index contributed by atoms with van der Waals surface area (Å²) < 4.78 is 5.37. The highest BCUT2D eigenvalue weighted by Crippen LogP contribution is 2.31. The summed E-state index contributed by atoms with van der Waals surface area (Å²) in [5.74, 6) is 2.17. The quantitative estimate of drug-likeness (QED) is 0.820. The zero-order chi connectivity index (χ0) is 12.8. The fraction of sp³-hybridized carbons (Fsp3) is 0.600. The zero-order valence-electron chi connectivity index (χ0n) is 11.5. The van der Waals surface area contributed by atoms with Crippen molar-refractivity contribution >= 4 is 0 Å². The van der Waals surface area contributed by atoms with E-state index >= 15 is 0 Å². The van der Waals surface area contributed by atoms with Crippen molar-refractivity contribution < 1.29 is 4.74 Å². The summed E-state index contributed by atoms with van der Waals surface area (Å²) in [6.45, 7) is 7.43. The molecule has 0 saturated carbocycles. The van der Waals surface area contributed by atoms with E-state index in [2.05, 4.69) is 39.0 Å². The summed E-state index contributed by atoms with van der Waals surface area (Å²) in [6, 6.07) is 6.54. The van der Waals surface area contributed by atoms with Crippen LogP contribution in [0.1, 0.15) is 44.2 Å². The first-order valence-corrected chi connectivity index (χ1v) is 6.50. The number of nitrogens with two attached hydrogens (primary N) is 1. The van der Waals surface area contributed by atoms with Crippen LogP contribution in [0, 0.1) is 5.92 Å². The first kappa shape index (κ1) is 14.0. The topological polar surface area (TPSA) is 35.2 Å². The van der Waals surface area contributed by atoms with E-state index < -0.39 is 0 Å². The van der Waals surface area contributed by atoms with E-state index in [1.807, 2.05) is 0 Å². The normalized spacial score (nSPS) is 12.8. The third-order valence-corrected chi connectivity index (χ3v) is 3.40. The molecule has 0 fully saturated rings. The Hall–Kier alpha value is -1.02. The minimum atomic E-state index is 0.552. The predicted molar refractivity (Wildman–Crippen MR) is 73.6 cm³/mol. The molecule has 1 aromatic carbocycles. The van der Waals surface area contributed by atoms with Crippen molar-refractivity contribution in [1.82, 2.24) is 0 Å². The molecule has 0 aromatic heterocycles. The minimum absolute atomic E-state index is 0.552. The molecule has 0 aliphatic carbocycles. The van der Waals surface area contributed by atoms with E-state index in [1.54, 1.807) is 7.11 Å². The van der Waals surface area contributed by atoms with Crippen molar-refractivity contribution in [3.8, 4) is 5.75 Å². The second-order valence-corrected chi connectivity index (χ2v) is 4.85. The summed E-state index contributed by atoms with van der Waals surface area (Å²) in [4.78, 5) is 0. The van der Waals surface area contributed by atoms with Crippen molar-refractivity contribution in [3.63, 3.8) is 0 Å². The van der Waals surface area contributed by atoms with Crippen LogP contribution in [0.5, 0.6) is 5.75 Å². The van der Waals surface area contributed by atoms with Crippen LogP contribution in [0.2, 0.25) is 0 Å². The van der Waals surface area contributed by atoms with Crippen LogP contribution in [0.15, 0.2) is 18.2 Å². The maximum atomic E-state index is 5.71. The van der Waals surface area contributed by atoms with Gasteiger partial charge in [-0.2, -0.15) is 0 Å². The second kappa shape index (κ2) is 6.65. The lowest BCUT2D eigenvalue weighted by Crippen LogP contribution is -2.13. The van der Waals surface area contributed by atoms with Gasteiger partial charge in [0.25, 0.3) is 0 Å². The van der Waals surface area contributed by atoms with Crippen LogP contribution in [0.3, 0.4) is 0 Å². The van der Waals surface area contributed by atoms with E-state index in [0.717, 1.165) is 25.1 Å². The lowest BCUT2D eigenvalue weighted by molar-refractivity contribution is 0.409. The molecule has 1 rings (SSSR count). The summed E-state index contributed by atoms with van der Waals surface area (Å²) in [7, 11) is 1.73. The molecule has 0 aliphatic rings. The van der Waals surface area contributed by atoms with Gasteiger partial charge >= 0.3 is 0 Å². The number of hydrogen-bond donors (Lipinski definition) is 1. The Bertz CT molecular complexity index is 347. The molecular weight excluding hydrogens is 210 g/mol. The van der Waals surface area contributed by atoms with Crippen molar-refractivity contribution in [1.29, 1.82) is 0 Å². The predicted octanol–water partition coefficient (Wildman–Crippen LogP) is 3.35. The highest BCUT2D eigenvalue weighted by molar-refractivity contribution is 5.38. The van der Waals surface area contributed by atoms with Gasteiger partial charge in [0, 0.05) is 0 Å². The average molecular weight is 235 g/mol. The van der Waals surface area contributed by atoms with E-state index in [4.69, 9.17) is 10.5 Å². The minimum Gasteiger partial charge on any atom is -0.496 e. The first-order chi connectivity index (χ1) is 8.13. The van der Waals surface area contributed by atoms with Gasteiger partial charge < -0.3 is 10.5 Å². The molecule has 0 bridgehead atoms. The van der Waals surface area contributed by atoms with Crippen LogP contribution in [0.25, 0.3) is 0 Å². The van der Waals surface area contributed by atoms with Crippen LogP contribution in [-0.2, 0) is 6.42 Å². The fourth-order valence-electron chi connectivity index (χ4n) is 2.37. The van der Waals surface area contributed by atoms with Gasteiger partial charge in [-0.3, -0.25) is 0 Å². The van der Waals surface area contributed by atoms with Crippen molar-refractivity contribution in [2.45, 2.75) is 39.5 Å². The van der Waals surface area contributed by atoms with Crippen LogP contribution in [0.4, 0.5) is 0 Å². The van der Waals surface area contributed by atoms with E-state index in [-0.39, 0.29) is 0 Å². The van der Waals surface area contributed by atoms with Gasteiger partial charge in [-0.25, -0.2) is 0 Å². The third-order valence-electron chi connectivity index (χ3n) is 3.40. The van der Waals surface area contributed by atoms with Gasteiger partial charge in [-0.15, -0.1) is 0 Å². The van der Waals surface area contributed by atoms with E-state index in [1.165, 1.54) is 11.1 Å². The number of hydrogen-bond acceptors (Lipinski definition) is 2. The molecule has 0 aliphatic heterocycles. The summed E-state index contributed by atoms with van der Waals surface area (Å²) in [5, 5.41) is 0. The Morgan fingerprint density at radius 3 is 2.47 bits per heavy atom. The number of aryl methyl sites for hydroxylation is 1. The number of rotatable bonds is 6. The molecule has 2 N–H and O–H groups in total. The molecule has 0 heterocycles. The smallest absolute Gasteiger partial charge is 0.122 e. The lowest BCUT2D eigenvalue weighted by atomic mass is 9.85. The number of ether oxygens (including phenoxy) is 1. The number of benzene rings is 1.